The molecule has 4 aliphatic heterocycles. The molecule has 0 aliphatic carbocycles. The van der Waals surface area contributed by atoms with E-state index in [0.29, 0.717) is 42.1 Å². The lowest BCUT2D eigenvalue weighted by Gasteiger charge is -2.29. The maximum Gasteiger partial charge on any atom is 0.319 e. The van der Waals surface area contributed by atoms with E-state index in [1.165, 1.54) is 33.1 Å². The number of nitrogens with zero attached hydrogens (tertiary/aromatic N) is 4. The SMILES string of the molecule is Cc1cc(CCCC(=O)NCc2scc3c2CN(C2CCC(=O)NC2=O)C3=O)ccc1N(C)C.Cc1ccc(NC(=O)NCc2cc3c(s2)C(=O)N(C2CCC(=O)NC2=O)C3=O)cc1N(C)C. The normalized spacial score (nSPS) is 17.6. The highest BCUT2D eigenvalue weighted by molar-refractivity contribution is 7.14. The predicted octanol–water partition coefficient (Wildman–Crippen LogP) is 4.37. The molecule has 6 heterocycles. The van der Waals surface area contributed by atoms with Crippen LogP contribution in [0, 0.1) is 13.8 Å². The number of piperidine rings is 2. The Kier molecular flexibility index (Phi) is 14.5. The molecule has 2 unspecified atom stereocenters. The van der Waals surface area contributed by atoms with Crippen molar-refractivity contribution in [1.82, 2.24) is 31.1 Å². The summed E-state index contributed by atoms with van der Waals surface area (Å²) in [6.07, 6.45) is 2.79. The number of carbonyl (C=O) groups is 9. The van der Waals surface area contributed by atoms with E-state index in [0.717, 1.165) is 50.8 Å². The Balaban J connectivity index is 0.000000199. The minimum atomic E-state index is -0.990. The Labute approximate surface area is 395 Å². The van der Waals surface area contributed by atoms with Crippen LogP contribution in [0.2, 0.25) is 0 Å². The summed E-state index contributed by atoms with van der Waals surface area (Å²) in [5.41, 5.74) is 8.02. The number of anilines is 3. The molecular formula is C47H53N9O9S2. The topological polar surface area (TPSA) is 227 Å². The van der Waals surface area contributed by atoms with Crippen LogP contribution >= 0.6 is 22.7 Å². The molecule has 10 amide bonds. The number of hydrogen-bond acceptors (Lipinski definition) is 13. The van der Waals surface area contributed by atoms with Gasteiger partial charge in [-0.15, -0.1) is 22.7 Å². The lowest BCUT2D eigenvalue weighted by molar-refractivity contribution is -0.138. The lowest BCUT2D eigenvalue weighted by Crippen LogP contribution is -2.54. The minimum absolute atomic E-state index is 0.0184. The zero-order valence-electron chi connectivity index (χ0n) is 38.1. The number of carbonyl (C=O) groups excluding carboxylic acids is 9. The molecule has 67 heavy (non-hydrogen) atoms. The molecule has 0 saturated carbocycles. The van der Waals surface area contributed by atoms with Gasteiger partial charge in [0.15, 0.2) is 0 Å². The minimum Gasteiger partial charge on any atom is -0.377 e. The average Bonchev–Trinajstić information content (AvgIpc) is 4.02. The van der Waals surface area contributed by atoms with Crippen molar-refractivity contribution in [3.05, 3.63) is 95.9 Å². The molecule has 4 aliphatic rings. The molecule has 0 radical (unpaired) electrons. The monoisotopic (exact) mass is 951 g/mol. The van der Waals surface area contributed by atoms with Gasteiger partial charge in [-0.2, -0.15) is 0 Å². The van der Waals surface area contributed by atoms with Crippen molar-refractivity contribution in [2.75, 3.05) is 43.3 Å². The van der Waals surface area contributed by atoms with Gasteiger partial charge < -0.3 is 30.7 Å². The van der Waals surface area contributed by atoms with E-state index < -0.39 is 47.7 Å². The van der Waals surface area contributed by atoms with Crippen LogP contribution in [-0.2, 0) is 50.0 Å². The van der Waals surface area contributed by atoms with E-state index in [9.17, 15) is 43.2 Å². The number of fused-ring (bicyclic) bond motifs is 2. The van der Waals surface area contributed by atoms with E-state index >= 15 is 0 Å². The van der Waals surface area contributed by atoms with Gasteiger partial charge in [0.1, 0.15) is 17.0 Å². The second-order valence-electron chi connectivity index (χ2n) is 17.2. The predicted molar refractivity (Wildman–Crippen MR) is 253 cm³/mol. The van der Waals surface area contributed by atoms with Gasteiger partial charge in [0.05, 0.1) is 24.2 Å². The molecule has 2 atom stereocenters. The van der Waals surface area contributed by atoms with E-state index in [-0.39, 0.29) is 54.0 Å². The molecule has 352 valence electrons. The summed E-state index contributed by atoms with van der Waals surface area (Å²) in [4.78, 5) is 118. The van der Waals surface area contributed by atoms with Gasteiger partial charge in [0, 0.05) is 86.2 Å². The maximum absolute atomic E-state index is 12.8. The molecule has 4 aromatic rings. The van der Waals surface area contributed by atoms with Gasteiger partial charge in [-0.3, -0.25) is 53.9 Å². The van der Waals surface area contributed by atoms with Crippen molar-refractivity contribution in [3.63, 3.8) is 0 Å². The summed E-state index contributed by atoms with van der Waals surface area (Å²) in [6.45, 7) is 4.91. The fourth-order valence-electron chi connectivity index (χ4n) is 8.55. The van der Waals surface area contributed by atoms with E-state index in [1.807, 2.05) is 58.2 Å². The molecule has 2 saturated heterocycles. The highest BCUT2D eigenvalue weighted by atomic mass is 32.1. The number of urea groups is 1. The number of aryl methyl sites for hydroxylation is 3. The summed E-state index contributed by atoms with van der Waals surface area (Å²) < 4.78 is 0. The van der Waals surface area contributed by atoms with Crippen molar-refractivity contribution in [1.29, 1.82) is 0 Å². The van der Waals surface area contributed by atoms with Crippen LogP contribution in [0.1, 0.15) is 101 Å². The molecule has 18 nitrogen and oxygen atoms in total. The van der Waals surface area contributed by atoms with E-state index in [2.05, 4.69) is 56.6 Å². The summed E-state index contributed by atoms with van der Waals surface area (Å²) >= 11 is 2.55. The summed E-state index contributed by atoms with van der Waals surface area (Å²) in [7, 11) is 7.90. The van der Waals surface area contributed by atoms with Crippen LogP contribution < -0.4 is 36.4 Å². The first-order valence-corrected chi connectivity index (χ1v) is 23.5. The van der Waals surface area contributed by atoms with E-state index in [1.54, 1.807) is 11.4 Å². The first kappa shape index (κ1) is 48.0. The van der Waals surface area contributed by atoms with Crippen molar-refractivity contribution in [2.24, 2.45) is 0 Å². The standard InChI is InChI=1S/C25H30N4O4S.C22H23N5O5S/c1-15-11-16(7-8-19(15)28(2)3)5-4-6-22(30)26-12-21-17-13-29(25(33)18(17)14-34-21)20-9-10-23(31)27-24(20)32;1-11-4-5-12(8-16(11)26(2)3)24-22(32)23-10-13-9-14-18(33-13)21(31)27(20(14)30)15-6-7-17(28)25-19(15)29/h7-8,11,14,20H,4-6,9-10,12-13H2,1-3H3,(H,26,30)(H,27,31,32);4-5,8-9,15H,6-7,10H2,1-3H3,(H2,23,24,32)(H,25,28,29). The molecule has 0 spiro atoms. The highest BCUT2D eigenvalue weighted by Crippen LogP contribution is 2.35. The fraction of sp³-hybridized carbons (Fsp3) is 0.383. The number of nitrogens with one attached hydrogen (secondary N) is 5. The van der Waals surface area contributed by atoms with Crippen LogP contribution in [0.15, 0.2) is 47.8 Å². The number of rotatable bonds is 13. The van der Waals surface area contributed by atoms with Gasteiger partial charge >= 0.3 is 6.03 Å². The molecule has 2 fully saturated rings. The quantitative estimate of drug-likeness (QED) is 0.118. The summed E-state index contributed by atoms with van der Waals surface area (Å²) in [6, 6.07) is 11.5. The Morgan fingerprint density at radius 1 is 0.746 bits per heavy atom. The second-order valence-corrected chi connectivity index (χ2v) is 19.3. The largest absolute Gasteiger partial charge is 0.377 e. The first-order valence-electron chi connectivity index (χ1n) is 21.8. The van der Waals surface area contributed by atoms with Gasteiger partial charge in [0.2, 0.25) is 29.5 Å². The average molecular weight is 952 g/mol. The number of benzene rings is 2. The zero-order chi connectivity index (χ0) is 48.3. The van der Waals surface area contributed by atoms with Crippen molar-refractivity contribution in [2.45, 2.75) is 90.5 Å². The Bertz CT molecular complexity index is 2660. The van der Waals surface area contributed by atoms with Crippen LogP contribution in [0.25, 0.3) is 0 Å². The summed E-state index contributed by atoms with van der Waals surface area (Å²) in [5.74, 6) is -3.10. The third-order valence-corrected chi connectivity index (χ3v) is 14.1. The lowest BCUT2D eigenvalue weighted by atomic mass is 10.0. The van der Waals surface area contributed by atoms with Gasteiger partial charge in [-0.1, -0.05) is 18.2 Å². The van der Waals surface area contributed by atoms with Gasteiger partial charge in [0.25, 0.3) is 17.7 Å². The fourth-order valence-corrected chi connectivity index (χ4v) is 10.5. The molecular weight excluding hydrogens is 899 g/mol. The smallest absolute Gasteiger partial charge is 0.319 e. The van der Waals surface area contributed by atoms with E-state index in [4.69, 9.17) is 0 Å². The Morgan fingerprint density at radius 3 is 2.07 bits per heavy atom. The maximum atomic E-state index is 12.8. The van der Waals surface area contributed by atoms with Crippen molar-refractivity contribution in [3.8, 4) is 0 Å². The third kappa shape index (κ3) is 10.7. The highest BCUT2D eigenvalue weighted by Gasteiger charge is 2.46. The van der Waals surface area contributed by atoms with Gasteiger partial charge in [-0.25, -0.2) is 4.79 Å². The van der Waals surface area contributed by atoms with Gasteiger partial charge in [-0.05, 0) is 86.1 Å². The Hall–Kier alpha value is -6.93. The number of amides is 10. The third-order valence-electron chi connectivity index (χ3n) is 12.0. The molecule has 8 rings (SSSR count). The number of thiophene rings is 2. The van der Waals surface area contributed by atoms with Crippen molar-refractivity contribution < 1.29 is 43.2 Å². The Morgan fingerprint density at radius 2 is 1.43 bits per heavy atom. The summed E-state index contributed by atoms with van der Waals surface area (Å²) in [5, 5.41) is 14.7. The molecule has 20 heteroatoms. The molecule has 2 aromatic carbocycles. The first-order chi connectivity index (χ1) is 31.9. The van der Waals surface area contributed by atoms with Crippen LogP contribution in [0.4, 0.5) is 21.9 Å². The number of imide groups is 3. The molecule has 5 N–H and O–H groups in total. The molecule has 0 bridgehead atoms. The van der Waals surface area contributed by atoms with Crippen LogP contribution in [-0.4, -0.2) is 103 Å². The number of hydrogen-bond donors (Lipinski definition) is 5. The zero-order valence-corrected chi connectivity index (χ0v) is 39.8. The second kappa shape index (κ2) is 20.3. The van der Waals surface area contributed by atoms with Crippen LogP contribution in [0.5, 0.6) is 0 Å². The van der Waals surface area contributed by atoms with Crippen molar-refractivity contribution >= 4 is 93.0 Å². The molecule has 2 aromatic heterocycles. The van der Waals surface area contributed by atoms with Crippen LogP contribution in [0.3, 0.4) is 0 Å².